The summed E-state index contributed by atoms with van der Waals surface area (Å²) in [5.74, 6) is 2.25. The Labute approximate surface area is 256 Å². The zero-order chi connectivity index (χ0) is 30.2. The van der Waals surface area contributed by atoms with Gasteiger partial charge in [-0.15, -0.1) is 0 Å². The summed E-state index contributed by atoms with van der Waals surface area (Å²) >= 11 is 0. The highest BCUT2D eigenvalue weighted by Crippen LogP contribution is 2.36. The Morgan fingerprint density at radius 3 is 2.16 bits per heavy atom. The molecule has 44 heavy (non-hydrogen) atoms. The summed E-state index contributed by atoms with van der Waals surface area (Å²) in [4.78, 5) is 42.1. The summed E-state index contributed by atoms with van der Waals surface area (Å²) in [7, 11) is 1.69. The Balaban J connectivity index is 0.937. The number of nitrogens with zero attached hydrogens (tertiary/aromatic N) is 5. The van der Waals surface area contributed by atoms with Crippen molar-refractivity contribution < 1.29 is 9.53 Å². The minimum absolute atomic E-state index is 0.0680. The summed E-state index contributed by atoms with van der Waals surface area (Å²) in [6.45, 7) is 6.24. The lowest BCUT2D eigenvalue weighted by Gasteiger charge is -2.42. The standard InChI is InChI=1S/C34H40N6O4/c1-44-31-9-8-23(12-26(31)10-11-37-16-24-13-27(20-37)29-4-2-6-33(42)39(29)18-24)15-35-36-32(41)22-38-17-25-14-28(21-38)30-5-3-7-34(43)40(30)19-25/h2-9,12,15,24-25,27-28H,10-11,13-14,16-22H2,1H3,(H,36,41)/b35-15+/t24-,25+,27+,28-/m0/s1. The van der Waals surface area contributed by atoms with Crippen molar-refractivity contribution in [3.05, 3.63) is 97.8 Å². The van der Waals surface area contributed by atoms with Gasteiger partial charge in [-0.3, -0.25) is 19.3 Å². The van der Waals surface area contributed by atoms with Crippen molar-refractivity contribution in [3.8, 4) is 5.75 Å². The number of likely N-dealkylation sites (tertiary alicyclic amines) is 2. The smallest absolute Gasteiger partial charge is 0.254 e. The second kappa shape index (κ2) is 12.2. The van der Waals surface area contributed by atoms with E-state index in [1.807, 2.05) is 39.5 Å². The van der Waals surface area contributed by atoms with Crippen LogP contribution in [0.1, 0.15) is 47.2 Å². The number of hydrazone groups is 1. The monoisotopic (exact) mass is 596 g/mol. The van der Waals surface area contributed by atoms with Crippen LogP contribution in [0.2, 0.25) is 0 Å². The first kappa shape index (κ1) is 28.7. The molecule has 2 aromatic heterocycles. The van der Waals surface area contributed by atoms with Gasteiger partial charge in [-0.25, -0.2) is 5.43 Å². The molecule has 6 heterocycles. The van der Waals surface area contributed by atoms with Crippen molar-refractivity contribution in [2.75, 3.05) is 46.4 Å². The van der Waals surface area contributed by atoms with Gasteiger partial charge in [0.2, 0.25) is 0 Å². The highest BCUT2D eigenvalue weighted by atomic mass is 16.5. The molecule has 3 aromatic rings. The van der Waals surface area contributed by atoms with Crippen LogP contribution in [-0.4, -0.2) is 77.4 Å². The van der Waals surface area contributed by atoms with Crippen molar-refractivity contribution in [2.45, 2.75) is 44.2 Å². The van der Waals surface area contributed by atoms with Crippen molar-refractivity contribution in [2.24, 2.45) is 16.9 Å². The van der Waals surface area contributed by atoms with Gasteiger partial charge in [0.1, 0.15) is 5.75 Å². The van der Waals surface area contributed by atoms with E-state index in [0.717, 1.165) is 87.6 Å². The Hall–Kier alpha value is -4.02. The Morgan fingerprint density at radius 2 is 1.50 bits per heavy atom. The SMILES string of the molecule is COc1ccc(/C=N/NC(=O)CN2C[C@H]3C[C@@H](C2)c2cccc(=O)n2C3)cc1CCN1C[C@@H]2C[C@H](C1)c1cccc(=O)n1C2. The fraction of sp³-hybridized carbons (Fsp3) is 0.471. The molecular formula is C34H40N6O4. The topological polar surface area (TPSA) is 101 Å². The van der Waals surface area contributed by atoms with Crippen molar-refractivity contribution in [3.63, 3.8) is 0 Å². The number of amides is 1. The second-order valence-electron chi connectivity index (χ2n) is 13.0. The van der Waals surface area contributed by atoms with Crippen LogP contribution in [0.5, 0.6) is 5.75 Å². The summed E-state index contributed by atoms with van der Waals surface area (Å²) in [6, 6.07) is 17.2. The summed E-state index contributed by atoms with van der Waals surface area (Å²) in [6.07, 6.45) is 4.74. The number of hydrogen-bond acceptors (Lipinski definition) is 7. The van der Waals surface area contributed by atoms with E-state index in [4.69, 9.17) is 4.74 Å². The lowest BCUT2D eigenvalue weighted by molar-refractivity contribution is -0.122. The molecule has 4 aliphatic rings. The van der Waals surface area contributed by atoms with Gasteiger partial charge in [0.05, 0.1) is 19.9 Å². The molecule has 7 rings (SSSR count). The van der Waals surface area contributed by atoms with Gasteiger partial charge in [-0.2, -0.15) is 5.10 Å². The van der Waals surface area contributed by atoms with Crippen LogP contribution in [0.15, 0.2) is 69.3 Å². The molecule has 10 heteroatoms. The van der Waals surface area contributed by atoms with Gasteiger partial charge in [0, 0.05) is 81.2 Å². The highest BCUT2D eigenvalue weighted by molar-refractivity contribution is 5.83. The third-order valence-electron chi connectivity index (χ3n) is 9.88. The van der Waals surface area contributed by atoms with Gasteiger partial charge >= 0.3 is 0 Å². The van der Waals surface area contributed by atoms with Crippen LogP contribution >= 0.6 is 0 Å². The molecule has 0 spiro atoms. The number of methoxy groups -OCH3 is 1. The molecule has 2 saturated heterocycles. The molecule has 2 fully saturated rings. The van der Waals surface area contributed by atoms with E-state index in [0.29, 0.717) is 17.8 Å². The lowest BCUT2D eigenvalue weighted by atomic mass is 9.83. The normalized spacial score (nSPS) is 24.5. The van der Waals surface area contributed by atoms with Gasteiger partial charge in [0.25, 0.3) is 17.0 Å². The molecule has 0 unspecified atom stereocenters. The highest BCUT2D eigenvalue weighted by Gasteiger charge is 2.36. The zero-order valence-corrected chi connectivity index (χ0v) is 25.2. The predicted molar refractivity (Wildman–Crippen MR) is 168 cm³/mol. The van der Waals surface area contributed by atoms with Crippen LogP contribution < -0.4 is 21.3 Å². The van der Waals surface area contributed by atoms with E-state index in [9.17, 15) is 14.4 Å². The van der Waals surface area contributed by atoms with Crippen molar-refractivity contribution in [1.29, 1.82) is 0 Å². The molecule has 10 nitrogen and oxygen atoms in total. The first-order chi connectivity index (χ1) is 21.4. The summed E-state index contributed by atoms with van der Waals surface area (Å²) in [5.41, 5.74) is 7.15. The Morgan fingerprint density at radius 1 is 0.864 bits per heavy atom. The van der Waals surface area contributed by atoms with Gasteiger partial charge in [-0.1, -0.05) is 12.1 Å². The van der Waals surface area contributed by atoms with Crippen LogP contribution in [-0.2, 0) is 24.3 Å². The van der Waals surface area contributed by atoms with Crippen LogP contribution in [0.25, 0.3) is 0 Å². The molecule has 1 amide bonds. The maximum Gasteiger partial charge on any atom is 0.254 e. The van der Waals surface area contributed by atoms with E-state index in [1.165, 1.54) is 5.69 Å². The number of carbonyl (C=O) groups excluding carboxylic acids is 1. The molecule has 0 radical (unpaired) electrons. The third-order valence-corrected chi connectivity index (χ3v) is 9.88. The first-order valence-corrected chi connectivity index (χ1v) is 15.8. The molecule has 1 aromatic carbocycles. The van der Waals surface area contributed by atoms with E-state index in [-0.39, 0.29) is 29.5 Å². The Kier molecular flexibility index (Phi) is 7.95. The molecular weight excluding hydrogens is 556 g/mol. The maximum atomic E-state index is 12.8. The van der Waals surface area contributed by atoms with Crippen molar-refractivity contribution in [1.82, 2.24) is 24.4 Å². The van der Waals surface area contributed by atoms with Gasteiger partial charge in [0.15, 0.2) is 0 Å². The second-order valence-corrected chi connectivity index (χ2v) is 13.0. The number of benzene rings is 1. The lowest BCUT2D eigenvalue weighted by Crippen LogP contribution is -2.49. The molecule has 4 bridgehead atoms. The fourth-order valence-electron chi connectivity index (χ4n) is 8.07. The quantitative estimate of drug-likeness (QED) is 0.316. The third kappa shape index (κ3) is 5.88. The molecule has 4 atom stereocenters. The zero-order valence-electron chi connectivity index (χ0n) is 25.2. The van der Waals surface area contributed by atoms with Crippen molar-refractivity contribution >= 4 is 12.1 Å². The van der Waals surface area contributed by atoms with E-state index >= 15 is 0 Å². The van der Waals surface area contributed by atoms with E-state index in [1.54, 1.807) is 25.5 Å². The maximum absolute atomic E-state index is 12.8. The number of carbonyl (C=O) groups is 1. The van der Waals surface area contributed by atoms with E-state index < -0.39 is 0 Å². The molecule has 4 aliphatic heterocycles. The predicted octanol–water partition coefficient (Wildman–Crippen LogP) is 2.25. The number of rotatable bonds is 8. The number of pyridine rings is 2. The first-order valence-electron chi connectivity index (χ1n) is 15.8. The fourth-order valence-corrected chi connectivity index (χ4v) is 8.07. The van der Waals surface area contributed by atoms with Crippen LogP contribution in [0.4, 0.5) is 0 Å². The largest absolute Gasteiger partial charge is 0.496 e. The number of nitrogens with one attached hydrogen (secondary N) is 1. The van der Waals surface area contributed by atoms with Crippen LogP contribution in [0, 0.1) is 11.8 Å². The average Bonchev–Trinajstić information content (AvgIpc) is 3.01. The minimum Gasteiger partial charge on any atom is -0.496 e. The molecule has 0 aliphatic carbocycles. The molecule has 0 saturated carbocycles. The number of fused-ring (bicyclic) bond motifs is 8. The van der Waals surface area contributed by atoms with Gasteiger partial charge < -0.3 is 18.8 Å². The van der Waals surface area contributed by atoms with Crippen LogP contribution in [0.3, 0.4) is 0 Å². The number of hydrogen-bond donors (Lipinski definition) is 1. The van der Waals surface area contributed by atoms with E-state index in [2.05, 4.69) is 32.5 Å². The average molecular weight is 597 g/mol. The molecule has 230 valence electrons. The Bertz CT molecular complexity index is 1700. The minimum atomic E-state index is -0.139. The number of ether oxygens (including phenoxy) is 1. The molecule has 1 N–H and O–H groups in total. The summed E-state index contributed by atoms with van der Waals surface area (Å²) in [5, 5.41) is 4.26. The number of piperidine rings is 2. The summed E-state index contributed by atoms with van der Waals surface area (Å²) < 4.78 is 9.55. The van der Waals surface area contributed by atoms with Gasteiger partial charge in [-0.05, 0) is 72.6 Å². The number of aromatic nitrogens is 2.